The second kappa shape index (κ2) is 8.34. The lowest BCUT2D eigenvalue weighted by Gasteiger charge is -2.07. The Labute approximate surface area is 140 Å². The summed E-state index contributed by atoms with van der Waals surface area (Å²) in [7, 11) is 0. The van der Waals surface area contributed by atoms with Gasteiger partial charge in [-0.25, -0.2) is 0 Å². The predicted molar refractivity (Wildman–Crippen MR) is 93.8 cm³/mol. The number of rotatable bonds is 5. The molecule has 0 aliphatic carbocycles. The molecule has 4 nitrogen and oxygen atoms in total. The Morgan fingerprint density at radius 3 is 1.83 bits per heavy atom. The Hall–Kier alpha value is -2.33. The van der Waals surface area contributed by atoms with Crippen molar-refractivity contribution in [3.8, 4) is 0 Å². The highest BCUT2D eigenvalue weighted by atomic mass is 35.5. The largest absolute Gasteiger partial charge is 0.318 e. The average Bonchev–Trinajstić information content (AvgIpc) is 2.56. The van der Waals surface area contributed by atoms with E-state index in [0.29, 0.717) is 16.4 Å². The molecule has 0 fully saturated rings. The van der Waals surface area contributed by atoms with Gasteiger partial charge in [-0.3, -0.25) is 9.59 Å². The topological polar surface area (TPSA) is 58.2 Å². The van der Waals surface area contributed by atoms with Gasteiger partial charge in [0.2, 0.25) is 0 Å². The Morgan fingerprint density at radius 1 is 0.870 bits per heavy atom. The number of amides is 2. The van der Waals surface area contributed by atoms with Gasteiger partial charge in [-0.1, -0.05) is 37.1 Å². The van der Waals surface area contributed by atoms with E-state index in [4.69, 9.17) is 11.6 Å². The van der Waals surface area contributed by atoms with Crippen LogP contribution in [0.3, 0.4) is 0 Å². The highest BCUT2D eigenvalue weighted by molar-refractivity contribution is 6.43. The number of hydrogen-bond acceptors (Lipinski definition) is 2. The van der Waals surface area contributed by atoms with Crippen molar-refractivity contribution in [3.63, 3.8) is 0 Å². The molecular weight excluding hydrogens is 312 g/mol. The van der Waals surface area contributed by atoms with Crippen molar-refractivity contribution in [2.45, 2.75) is 26.2 Å². The van der Waals surface area contributed by atoms with Crippen LogP contribution in [0, 0.1) is 0 Å². The Balaban J connectivity index is 1.90. The summed E-state index contributed by atoms with van der Waals surface area (Å²) in [5.41, 5.74) is 2.33. The molecule has 0 saturated carbocycles. The summed E-state index contributed by atoms with van der Waals surface area (Å²) in [5.74, 6) is -1.43. The van der Waals surface area contributed by atoms with Crippen molar-refractivity contribution in [2.75, 3.05) is 10.6 Å². The number of aryl methyl sites for hydroxylation is 1. The molecule has 0 aliphatic rings. The minimum absolute atomic E-state index is 0.518. The second-order valence-electron chi connectivity index (χ2n) is 5.22. The molecule has 0 aliphatic heterocycles. The average molecular weight is 331 g/mol. The Morgan fingerprint density at radius 2 is 1.35 bits per heavy atom. The standard InChI is InChI=1S/C18H19ClN2O2/c1-2-3-4-13-5-9-15(10-6-13)20-17(22)18(23)21-16-11-7-14(19)8-12-16/h5-12H,2-4H2,1H3,(H,20,22)(H,21,23). The van der Waals surface area contributed by atoms with Crippen molar-refractivity contribution >= 4 is 34.8 Å². The number of nitrogens with one attached hydrogen (secondary N) is 2. The third kappa shape index (κ3) is 5.42. The van der Waals surface area contributed by atoms with Gasteiger partial charge in [0.05, 0.1) is 0 Å². The summed E-state index contributed by atoms with van der Waals surface area (Å²) >= 11 is 5.77. The minimum Gasteiger partial charge on any atom is -0.318 e. The highest BCUT2D eigenvalue weighted by Gasteiger charge is 2.13. The minimum atomic E-state index is -0.720. The van der Waals surface area contributed by atoms with Gasteiger partial charge < -0.3 is 10.6 Å². The molecule has 0 atom stereocenters. The lowest BCUT2D eigenvalue weighted by molar-refractivity contribution is -0.132. The lowest BCUT2D eigenvalue weighted by atomic mass is 10.1. The highest BCUT2D eigenvalue weighted by Crippen LogP contribution is 2.14. The fourth-order valence-corrected chi connectivity index (χ4v) is 2.17. The SMILES string of the molecule is CCCCc1ccc(NC(=O)C(=O)Nc2ccc(Cl)cc2)cc1. The van der Waals surface area contributed by atoms with Gasteiger partial charge in [0, 0.05) is 16.4 Å². The zero-order valence-corrected chi connectivity index (χ0v) is 13.7. The van der Waals surface area contributed by atoms with Crippen molar-refractivity contribution in [2.24, 2.45) is 0 Å². The normalized spacial score (nSPS) is 10.2. The smallest absolute Gasteiger partial charge is 0.314 e. The molecule has 2 aromatic carbocycles. The van der Waals surface area contributed by atoms with Crippen molar-refractivity contribution in [1.82, 2.24) is 0 Å². The second-order valence-corrected chi connectivity index (χ2v) is 5.65. The first-order chi connectivity index (χ1) is 11.1. The van der Waals surface area contributed by atoms with E-state index in [1.165, 1.54) is 5.56 Å². The molecular formula is C18H19ClN2O2. The van der Waals surface area contributed by atoms with Crippen LogP contribution in [0.2, 0.25) is 5.02 Å². The van der Waals surface area contributed by atoms with Crippen LogP contribution in [0.5, 0.6) is 0 Å². The molecule has 2 amide bonds. The number of carbonyl (C=O) groups is 2. The van der Waals surface area contributed by atoms with Gasteiger partial charge in [-0.15, -0.1) is 0 Å². The fourth-order valence-electron chi connectivity index (χ4n) is 2.04. The van der Waals surface area contributed by atoms with Crippen LogP contribution in [-0.4, -0.2) is 11.8 Å². The molecule has 2 N–H and O–H groups in total. The summed E-state index contributed by atoms with van der Waals surface area (Å²) in [6, 6.07) is 14.1. The van der Waals surface area contributed by atoms with Crippen LogP contribution >= 0.6 is 11.6 Å². The van der Waals surface area contributed by atoms with E-state index in [1.54, 1.807) is 36.4 Å². The van der Waals surface area contributed by atoms with Gasteiger partial charge >= 0.3 is 11.8 Å². The Bertz CT molecular complexity index is 666. The zero-order chi connectivity index (χ0) is 16.7. The van der Waals surface area contributed by atoms with Crippen molar-refractivity contribution < 1.29 is 9.59 Å². The molecule has 0 bridgehead atoms. The van der Waals surface area contributed by atoms with Gasteiger partial charge in [0.15, 0.2) is 0 Å². The van der Waals surface area contributed by atoms with Gasteiger partial charge in [-0.05, 0) is 54.8 Å². The third-order valence-corrected chi connectivity index (χ3v) is 3.59. The van der Waals surface area contributed by atoms with Crippen LogP contribution in [0.25, 0.3) is 0 Å². The molecule has 0 radical (unpaired) electrons. The number of hydrogen-bond donors (Lipinski definition) is 2. The molecule has 0 heterocycles. The molecule has 2 rings (SSSR count). The molecule has 2 aromatic rings. The molecule has 0 unspecified atom stereocenters. The van der Waals surface area contributed by atoms with E-state index in [0.717, 1.165) is 19.3 Å². The predicted octanol–water partition coefficient (Wildman–Crippen LogP) is 4.26. The van der Waals surface area contributed by atoms with Crippen LogP contribution < -0.4 is 10.6 Å². The monoisotopic (exact) mass is 330 g/mol. The van der Waals surface area contributed by atoms with E-state index >= 15 is 0 Å². The molecule has 5 heteroatoms. The summed E-state index contributed by atoms with van der Waals surface area (Å²) in [4.78, 5) is 23.7. The van der Waals surface area contributed by atoms with E-state index in [9.17, 15) is 9.59 Å². The molecule has 120 valence electrons. The van der Waals surface area contributed by atoms with E-state index in [1.807, 2.05) is 12.1 Å². The van der Waals surface area contributed by atoms with Crippen LogP contribution in [-0.2, 0) is 16.0 Å². The molecule has 0 aromatic heterocycles. The number of halogens is 1. The van der Waals surface area contributed by atoms with E-state index < -0.39 is 11.8 Å². The van der Waals surface area contributed by atoms with E-state index in [-0.39, 0.29) is 0 Å². The first-order valence-electron chi connectivity index (χ1n) is 7.55. The van der Waals surface area contributed by atoms with Crippen LogP contribution in [0.4, 0.5) is 11.4 Å². The molecule has 0 spiro atoms. The maximum absolute atomic E-state index is 11.9. The number of carbonyl (C=O) groups excluding carboxylic acids is 2. The summed E-state index contributed by atoms with van der Waals surface area (Å²) in [6.07, 6.45) is 3.29. The van der Waals surface area contributed by atoms with Gasteiger partial charge in [0.1, 0.15) is 0 Å². The quantitative estimate of drug-likeness (QED) is 0.805. The zero-order valence-electron chi connectivity index (χ0n) is 12.9. The number of unbranched alkanes of at least 4 members (excludes halogenated alkanes) is 1. The fraction of sp³-hybridized carbons (Fsp3) is 0.222. The maximum Gasteiger partial charge on any atom is 0.314 e. The van der Waals surface area contributed by atoms with Crippen molar-refractivity contribution in [1.29, 1.82) is 0 Å². The maximum atomic E-state index is 11.9. The third-order valence-electron chi connectivity index (χ3n) is 3.34. The van der Waals surface area contributed by atoms with Gasteiger partial charge in [-0.2, -0.15) is 0 Å². The lowest BCUT2D eigenvalue weighted by Crippen LogP contribution is -2.29. The summed E-state index contributed by atoms with van der Waals surface area (Å²) < 4.78 is 0. The summed E-state index contributed by atoms with van der Waals surface area (Å²) in [5, 5.41) is 5.66. The molecule has 0 saturated heterocycles. The first-order valence-corrected chi connectivity index (χ1v) is 7.93. The first kappa shape index (κ1) is 17.0. The van der Waals surface area contributed by atoms with Crippen LogP contribution in [0.15, 0.2) is 48.5 Å². The van der Waals surface area contributed by atoms with Crippen LogP contribution in [0.1, 0.15) is 25.3 Å². The van der Waals surface area contributed by atoms with Gasteiger partial charge in [0.25, 0.3) is 0 Å². The summed E-state index contributed by atoms with van der Waals surface area (Å²) in [6.45, 7) is 2.15. The Kier molecular flexibility index (Phi) is 6.18. The number of anilines is 2. The molecule has 23 heavy (non-hydrogen) atoms. The van der Waals surface area contributed by atoms with E-state index in [2.05, 4.69) is 17.6 Å². The number of benzene rings is 2. The van der Waals surface area contributed by atoms with Crippen molar-refractivity contribution in [3.05, 3.63) is 59.1 Å².